The van der Waals surface area contributed by atoms with Crippen molar-refractivity contribution in [3.8, 4) is 0 Å². The van der Waals surface area contributed by atoms with Crippen molar-refractivity contribution < 1.29 is 17.9 Å². The summed E-state index contributed by atoms with van der Waals surface area (Å²) in [6.45, 7) is 4.75. The van der Waals surface area contributed by atoms with Gasteiger partial charge in [0.05, 0.1) is 11.0 Å². The molecule has 2 fully saturated rings. The summed E-state index contributed by atoms with van der Waals surface area (Å²) in [4.78, 5) is 17.3. The number of benzene rings is 2. The molecule has 0 bridgehead atoms. The lowest BCUT2D eigenvalue weighted by molar-refractivity contribution is 0.0433. The number of rotatable bonds is 6. The fraction of sp³-hybridized carbons (Fsp3) is 0.409. The Balaban J connectivity index is 1.37. The van der Waals surface area contributed by atoms with Gasteiger partial charge in [0.25, 0.3) is 15.9 Å². The largest absolute Gasteiger partial charge is 0.377 e. The summed E-state index contributed by atoms with van der Waals surface area (Å²) in [6, 6.07) is 14.9. The van der Waals surface area contributed by atoms with Crippen molar-refractivity contribution in [2.75, 3.05) is 44.1 Å². The SMILES string of the molecule is O=C(c1cccc(NS(=O)(=O)c2ccccc2)c1)N1CCN(CC2CCCO2)CC1. The first-order valence-electron chi connectivity index (χ1n) is 10.3. The van der Waals surface area contributed by atoms with Crippen LogP contribution < -0.4 is 4.72 Å². The van der Waals surface area contributed by atoms with Gasteiger partial charge in [-0.05, 0) is 43.2 Å². The molecule has 4 rings (SSSR count). The number of piperazine rings is 1. The van der Waals surface area contributed by atoms with E-state index in [-0.39, 0.29) is 10.8 Å². The quantitative estimate of drug-likeness (QED) is 0.763. The van der Waals surface area contributed by atoms with Crippen LogP contribution in [0.5, 0.6) is 0 Å². The molecule has 1 amide bonds. The number of hydrogen-bond acceptors (Lipinski definition) is 5. The van der Waals surface area contributed by atoms with Gasteiger partial charge in [-0.1, -0.05) is 24.3 Å². The molecule has 2 aliphatic heterocycles. The molecule has 7 nitrogen and oxygen atoms in total. The molecular formula is C22H27N3O4S. The number of anilines is 1. The van der Waals surface area contributed by atoms with E-state index in [1.807, 2.05) is 4.90 Å². The number of nitrogens with one attached hydrogen (secondary N) is 1. The molecule has 8 heteroatoms. The Kier molecular flexibility index (Phi) is 6.36. The van der Waals surface area contributed by atoms with E-state index in [0.29, 0.717) is 30.4 Å². The average Bonchev–Trinajstić information content (AvgIpc) is 3.27. The van der Waals surface area contributed by atoms with E-state index in [1.165, 1.54) is 12.1 Å². The normalized spacial score (nSPS) is 20.3. The lowest BCUT2D eigenvalue weighted by atomic mass is 10.1. The highest BCUT2D eigenvalue weighted by molar-refractivity contribution is 7.92. The predicted molar refractivity (Wildman–Crippen MR) is 115 cm³/mol. The monoisotopic (exact) mass is 429 g/mol. The minimum Gasteiger partial charge on any atom is -0.377 e. The fourth-order valence-corrected chi connectivity index (χ4v) is 4.99. The maximum Gasteiger partial charge on any atom is 0.261 e. The smallest absolute Gasteiger partial charge is 0.261 e. The highest BCUT2D eigenvalue weighted by atomic mass is 32.2. The third-order valence-electron chi connectivity index (χ3n) is 5.56. The van der Waals surface area contributed by atoms with Crippen LogP contribution in [0.1, 0.15) is 23.2 Å². The number of ether oxygens (including phenoxy) is 1. The summed E-state index contributed by atoms with van der Waals surface area (Å²) in [7, 11) is -3.69. The molecule has 2 aromatic carbocycles. The summed E-state index contributed by atoms with van der Waals surface area (Å²) in [6.07, 6.45) is 2.57. The molecule has 0 aliphatic carbocycles. The van der Waals surface area contributed by atoms with Crippen LogP contribution in [0, 0.1) is 0 Å². The topological polar surface area (TPSA) is 79.0 Å². The second kappa shape index (κ2) is 9.16. The van der Waals surface area contributed by atoms with E-state index < -0.39 is 10.0 Å². The molecule has 0 saturated carbocycles. The number of nitrogens with zero attached hydrogens (tertiary/aromatic N) is 2. The molecule has 160 valence electrons. The van der Waals surface area contributed by atoms with E-state index in [4.69, 9.17) is 4.74 Å². The molecule has 2 aromatic rings. The van der Waals surface area contributed by atoms with Gasteiger partial charge in [0.1, 0.15) is 0 Å². The predicted octanol–water partition coefficient (Wildman–Crippen LogP) is 2.42. The Bertz CT molecular complexity index is 967. The number of carbonyl (C=O) groups is 1. The summed E-state index contributed by atoms with van der Waals surface area (Å²) in [5, 5.41) is 0. The van der Waals surface area contributed by atoms with E-state index in [0.717, 1.165) is 39.1 Å². The molecule has 2 saturated heterocycles. The van der Waals surface area contributed by atoms with E-state index in [2.05, 4.69) is 9.62 Å². The highest BCUT2D eigenvalue weighted by Gasteiger charge is 2.25. The van der Waals surface area contributed by atoms with Gasteiger partial charge in [-0.25, -0.2) is 8.42 Å². The molecule has 0 radical (unpaired) electrons. The van der Waals surface area contributed by atoms with Crippen LogP contribution in [-0.4, -0.2) is 69.6 Å². The van der Waals surface area contributed by atoms with Gasteiger partial charge in [-0.15, -0.1) is 0 Å². The van der Waals surface area contributed by atoms with E-state index >= 15 is 0 Å². The number of sulfonamides is 1. The lowest BCUT2D eigenvalue weighted by Crippen LogP contribution is -2.50. The molecule has 2 aliphatic rings. The summed E-state index contributed by atoms with van der Waals surface area (Å²) in [5.41, 5.74) is 0.859. The minimum atomic E-state index is -3.69. The molecule has 0 spiro atoms. The Morgan fingerprint density at radius 3 is 2.50 bits per heavy atom. The fourth-order valence-electron chi connectivity index (χ4n) is 3.92. The zero-order valence-electron chi connectivity index (χ0n) is 16.9. The number of hydrogen-bond donors (Lipinski definition) is 1. The van der Waals surface area contributed by atoms with Gasteiger partial charge in [0, 0.05) is 50.6 Å². The zero-order valence-corrected chi connectivity index (χ0v) is 17.7. The van der Waals surface area contributed by atoms with Gasteiger partial charge in [-0.2, -0.15) is 0 Å². The van der Waals surface area contributed by atoms with E-state index in [9.17, 15) is 13.2 Å². The Labute approximate surface area is 177 Å². The van der Waals surface area contributed by atoms with Crippen molar-refractivity contribution in [3.63, 3.8) is 0 Å². The third kappa shape index (κ3) is 5.00. The van der Waals surface area contributed by atoms with Gasteiger partial charge >= 0.3 is 0 Å². The van der Waals surface area contributed by atoms with E-state index in [1.54, 1.807) is 42.5 Å². The summed E-state index contributed by atoms with van der Waals surface area (Å²) < 4.78 is 33.3. The van der Waals surface area contributed by atoms with Crippen molar-refractivity contribution in [2.24, 2.45) is 0 Å². The number of amides is 1. The minimum absolute atomic E-state index is 0.0764. The second-order valence-corrected chi connectivity index (χ2v) is 9.41. The average molecular weight is 430 g/mol. The highest BCUT2D eigenvalue weighted by Crippen LogP contribution is 2.19. The molecule has 1 atom stereocenters. The van der Waals surface area contributed by atoms with Crippen molar-refractivity contribution in [1.29, 1.82) is 0 Å². The lowest BCUT2D eigenvalue weighted by Gasteiger charge is -2.35. The van der Waals surface area contributed by atoms with Gasteiger partial charge < -0.3 is 9.64 Å². The molecule has 1 N–H and O–H groups in total. The van der Waals surface area contributed by atoms with Crippen LogP contribution >= 0.6 is 0 Å². The van der Waals surface area contributed by atoms with Crippen molar-refractivity contribution >= 4 is 21.6 Å². The Hall–Kier alpha value is -2.42. The first-order chi connectivity index (χ1) is 14.5. The zero-order chi connectivity index (χ0) is 21.0. The van der Waals surface area contributed by atoms with Gasteiger partial charge in [0.15, 0.2) is 0 Å². The van der Waals surface area contributed by atoms with Crippen molar-refractivity contribution in [1.82, 2.24) is 9.80 Å². The number of carbonyl (C=O) groups excluding carboxylic acids is 1. The van der Waals surface area contributed by atoms with Gasteiger partial charge in [-0.3, -0.25) is 14.4 Å². The van der Waals surface area contributed by atoms with Crippen LogP contribution in [0.15, 0.2) is 59.5 Å². The molecule has 2 heterocycles. The Morgan fingerprint density at radius 1 is 1.03 bits per heavy atom. The van der Waals surface area contributed by atoms with Crippen molar-refractivity contribution in [2.45, 2.75) is 23.8 Å². The van der Waals surface area contributed by atoms with Gasteiger partial charge in [0.2, 0.25) is 0 Å². The first kappa shape index (κ1) is 20.8. The maximum atomic E-state index is 12.9. The molecular weight excluding hydrogens is 402 g/mol. The standard InChI is InChI=1S/C22H27N3O4S/c26-22(25-13-11-24(12-14-25)17-20-8-5-15-29-20)18-6-4-7-19(16-18)23-30(27,28)21-9-2-1-3-10-21/h1-4,6-7,9-10,16,20,23H,5,8,11-15,17H2. The van der Waals surface area contributed by atoms with Crippen LogP contribution in [0.4, 0.5) is 5.69 Å². The second-order valence-electron chi connectivity index (χ2n) is 7.73. The molecule has 0 aromatic heterocycles. The molecule has 30 heavy (non-hydrogen) atoms. The van der Waals surface area contributed by atoms with Crippen molar-refractivity contribution in [3.05, 3.63) is 60.2 Å². The summed E-state index contributed by atoms with van der Waals surface area (Å²) >= 11 is 0. The van der Waals surface area contributed by atoms with Crippen LogP contribution in [0.2, 0.25) is 0 Å². The maximum absolute atomic E-state index is 12.9. The molecule has 1 unspecified atom stereocenters. The van der Waals surface area contributed by atoms with Crippen LogP contribution in [0.25, 0.3) is 0 Å². The third-order valence-corrected chi connectivity index (χ3v) is 6.96. The first-order valence-corrected chi connectivity index (χ1v) is 11.8. The van der Waals surface area contributed by atoms with Crippen LogP contribution in [-0.2, 0) is 14.8 Å². The van der Waals surface area contributed by atoms with Crippen LogP contribution in [0.3, 0.4) is 0 Å². The Morgan fingerprint density at radius 2 is 1.80 bits per heavy atom. The summed E-state index contributed by atoms with van der Waals surface area (Å²) in [5.74, 6) is -0.0764.